The van der Waals surface area contributed by atoms with Gasteiger partial charge in [-0.1, -0.05) is 123 Å². The second kappa shape index (κ2) is 33.2. The molecule has 14 nitrogen and oxygen atoms in total. The molecule has 22 heteroatoms. The number of carbonyl (C=O) groups is 3. The summed E-state index contributed by atoms with van der Waals surface area (Å²) in [6.07, 6.45) is 7.64. The summed E-state index contributed by atoms with van der Waals surface area (Å²) in [5.74, 6) is 1.07. The van der Waals surface area contributed by atoms with Crippen LogP contribution in [0.3, 0.4) is 0 Å². The molecule has 0 unspecified atom stereocenters. The first-order valence-corrected chi connectivity index (χ1v) is 27.7. The van der Waals surface area contributed by atoms with E-state index in [4.69, 9.17) is 41.5 Å². The fourth-order valence-electron chi connectivity index (χ4n) is 8.27. The summed E-state index contributed by atoms with van der Waals surface area (Å²) >= 11 is 1.55. The molecule has 0 bridgehead atoms. The minimum absolute atomic E-state index is 0. The first-order valence-electron chi connectivity index (χ1n) is 26.9. The van der Waals surface area contributed by atoms with Gasteiger partial charge in [0.15, 0.2) is 0 Å². The summed E-state index contributed by atoms with van der Waals surface area (Å²) in [4.78, 5) is 54.3. The zero-order chi connectivity index (χ0) is 63.1. The molecule has 0 saturated heterocycles. The van der Waals surface area contributed by atoms with Gasteiger partial charge in [0, 0.05) is 50.2 Å². The van der Waals surface area contributed by atoms with Crippen LogP contribution in [-0.4, -0.2) is 63.1 Å². The molecule has 3 aromatic carbocycles. The van der Waals surface area contributed by atoms with Crippen LogP contribution < -0.4 is 0 Å². The van der Waals surface area contributed by atoms with Crippen molar-refractivity contribution < 1.29 is 74.4 Å². The van der Waals surface area contributed by atoms with Gasteiger partial charge in [-0.05, 0) is 132 Å². The third-order valence-corrected chi connectivity index (χ3v) is 13.6. The number of aromatic nitrogens is 4. The molecule has 0 saturated carbocycles. The van der Waals surface area contributed by atoms with E-state index in [1.807, 2.05) is 127 Å². The van der Waals surface area contributed by atoms with Crippen LogP contribution in [-0.2, 0) is 54.5 Å². The summed E-state index contributed by atoms with van der Waals surface area (Å²) in [6.45, 7) is 3.29. The van der Waals surface area contributed by atoms with Gasteiger partial charge in [-0.25, -0.2) is 4.98 Å². The van der Waals surface area contributed by atoms with Crippen LogP contribution in [0.5, 0.6) is 0 Å². The number of unbranched alkanes of at least 4 members (excludes halogenated alkanes) is 3. The summed E-state index contributed by atoms with van der Waals surface area (Å²) in [5, 5.41) is 14.2. The molecule has 89 heavy (non-hydrogen) atoms. The number of pyridine rings is 4. The molecule has 454 valence electrons. The number of hydrogen-bond donors (Lipinski definition) is 2. The second-order valence-electron chi connectivity index (χ2n) is 18.9. The SMILES string of the molecule is CCCCCCc1ccc(/C=C/c2cc(/C([NH-])=C/C(=N)C(F)(F)F)nc(/C([NH-])=C/C(=N)C(F)(F)F)c2)s1.O=CO/C(=C/c1ccnc(-c2cc(/C=C(/OC=O)c3ccccc3)cc(-c3cc(/C=C(/OC=O)c4ccccc4)ccn3)n2)c1)c1ccccc1.[Ru+2]. The van der Waals surface area contributed by atoms with Gasteiger partial charge in [0.2, 0.25) is 0 Å². The van der Waals surface area contributed by atoms with Gasteiger partial charge < -0.3 is 25.7 Å². The average Bonchev–Trinajstić information content (AvgIpc) is 3.59. The molecule has 8 rings (SSSR count). The first-order chi connectivity index (χ1) is 42.3. The molecular formula is C67H54F6N8O6RuS. The van der Waals surface area contributed by atoms with Gasteiger partial charge in [0.1, 0.15) is 28.7 Å². The molecule has 0 fully saturated rings. The molecule has 5 heterocycles. The Balaban J connectivity index is 0.000000296. The maximum absolute atomic E-state index is 12.7. The van der Waals surface area contributed by atoms with Crippen LogP contribution in [0, 0.1) is 10.8 Å². The zero-order valence-corrected chi connectivity index (χ0v) is 49.7. The Hall–Kier alpha value is -10.0. The number of benzene rings is 3. The molecule has 0 spiro atoms. The van der Waals surface area contributed by atoms with E-state index in [2.05, 4.69) is 21.9 Å². The normalized spacial score (nSPS) is 12.3. The summed E-state index contributed by atoms with van der Waals surface area (Å²) in [6, 6.07) is 45.0. The van der Waals surface area contributed by atoms with Gasteiger partial charge in [0.05, 0.1) is 22.8 Å². The number of nitrogens with one attached hydrogen (secondary N) is 4. The van der Waals surface area contributed by atoms with Crippen LogP contribution >= 0.6 is 11.3 Å². The Morgan fingerprint density at radius 3 is 1.33 bits per heavy atom. The Bertz CT molecular complexity index is 3760. The van der Waals surface area contributed by atoms with E-state index in [0.29, 0.717) is 81.7 Å². The van der Waals surface area contributed by atoms with Gasteiger partial charge in [-0.3, -0.25) is 40.2 Å². The molecule has 0 aliphatic heterocycles. The quantitative estimate of drug-likeness (QED) is 0.0105. The maximum Gasteiger partial charge on any atom is 2.00 e. The number of hydrogen-bond acceptors (Lipinski definition) is 13. The largest absolute Gasteiger partial charge is 2.00 e. The number of carbonyl (C=O) groups excluding carboxylic acids is 3. The summed E-state index contributed by atoms with van der Waals surface area (Å²) in [7, 11) is 0. The number of ether oxygens (including phenoxy) is 3. The van der Waals surface area contributed by atoms with E-state index in [-0.39, 0.29) is 48.6 Å². The van der Waals surface area contributed by atoms with Gasteiger partial charge in [0.25, 0.3) is 19.4 Å². The first kappa shape index (κ1) is 68.1. The molecule has 4 N–H and O–H groups in total. The van der Waals surface area contributed by atoms with Crippen molar-refractivity contribution in [3.05, 3.63) is 248 Å². The number of aryl methyl sites for hydroxylation is 1. The summed E-state index contributed by atoms with van der Waals surface area (Å²) in [5.41, 5.74) is 16.5. The van der Waals surface area contributed by atoms with Crippen molar-refractivity contribution in [1.82, 2.24) is 19.9 Å². The number of nitrogens with zero attached hydrogens (tertiary/aromatic N) is 4. The number of rotatable bonds is 25. The second-order valence-corrected chi connectivity index (χ2v) is 20.1. The molecule has 0 radical (unpaired) electrons. The van der Waals surface area contributed by atoms with E-state index >= 15 is 0 Å². The number of alkyl halides is 6. The van der Waals surface area contributed by atoms with Crippen molar-refractivity contribution in [2.75, 3.05) is 0 Å². The Kier molecular flexibility index (Phi) is 25.4. The Morgan fingerprint density at radius 1 is 0.506 bits per heavy atom. The molecule has 0 atom stereocenters. The fraction of sp³-hybridized carbons (Fsp3) is 0.119. The molecule has 0 amide bonds. The molecule has 0 aliphatic rings. The Morgan fingerprint density at radius 2 is 0.921 bits per heavy atom. The van der Waals surface area contributed by atoms with Crippen molar-refractivity contribution in [1.29, 1.82) is 10.8 Å². The topological polar surface area (TPSA) is 226 Å². The maximum atomic E-state index is 12.7. The smallest absolute Gasteiger partial charge is 0.697 e. The van der Waals surface area contributed by atoms with Crippen LogP contribution in [0.2, 0.25) is 0 Å². The van der Waals surface area contributed by atoms with E-state index in [0.717, 1.165) is 48.1 Å². The van der Waals surface area contributed by atoms with Gasteiger partial charge >= 0.3 is 31.8 Å². The third kappa shape index (κ3) is 20.8. The number of allylic oxidation sites excluding steroid dienone is 2. The zero-order valence-electron chi connectivity index (χ0n) is 47.2. The summed E-state index contributed by atoms with van der Waals surface area (Å²) < 4.78 is 92.5. The number of thiophene rings is 1. The van der Waals surface area contributed by atoms with Crippen molar-refractivity contribution in [2.45, 2.75) is 51.4 Å². The predicted octanol–water partition coefficient (Wildman–Crippen LogP) is 17.6. The van der Waals surface area contributed by atoms with Crippen molar-refractivity contribution >= 4 is 101 Å². The monoisotopic (exact) mass is 1310 g/mol. The molecule has 8 aromatic rings. The predicted molar refractivity (Wildman–Crippen MR) is 333 cm³/mol. The minimum Gasteiger partial charge on any atom is -0.697 e. The van der Waals surface area contributed by atoms with Gasteiger partial charge in [-0.2, -0.15) is 26.3 Å². The van der Waals surface area contributed by atoms with Gasteiger partial charge in [-0.15, -0.1) is 22.7 Å². The minimum atomic E-state index is -5.00. The van der Waals surface area contributed by atoms with Crippen molar-refractivity contribution in [2.24, 2.45) is 0 Å². The van der Waals surface area contributed by atoms with Crippen LogP contribution in [0.1, 0.15) is 92.7 Å². The average molecular weight is 1310 g/mol. The van der Waals surface area contributed by atoms with Crippen LogP contribution in [0.4, 0.5) is 26.3 Å². The van der Waals surface area contributed by atoms with Crippen molar-refractivity contribution in [3.63, 3.8) is 0 Å². The molecule has 0 aliphatic carbocycles. The van der Waals surface area contributed by atoms with Crippen LogP contribution in [0.25, 0.3) is 93.3 Å². The standard InChI is InChI=1S/C42H29N3O6.C25H25F6N5S.Ru/c46-27-49-40(33-10-4-1-5-11-33)24-30-16-18-43-36(20-30)38-22-32(26-42(51-29-48)35-14-8-3-9-15-35)23-39(45-38)37-21-31(17-19-44-37)25-41(50-28-47)34-12-6-2-7-13-34;1-2-3-4-5-6-16-9-10-17(37-16)8-7-15-11-20(18(32)13-22(34)24(26,27)28)36-21(12-15)19(33)14-23(35)25(29,30)31;/h1-29H;7-14,32-35H,2-6H2,1H3;/q;-2;+2/b40-24+,41-25+,42-26+;8-7+,18-13-,19-14-,34-22?,35-23?;. The Labute approximate surface area is 525 Å². The molecule has 5 aromatic heterocycles. The fourth-order valence-corrected chi connectivity index (χ4v) is 9.23. The van der Waals surface area contributed by atoms with Crippen LogP contribution in [0.15, 0.2) is 176 Å². The van der Waals surface area contributed by atoms with E-state index in [1.54, 1.807) is 66.2 Å². The van der Waals surface area contributed by atoms with E-state index in [1.165, 1.54) is 17.0 Å². The molecular weight excluding hydrogens is 1260 g/mol. The third-order valence-electron chi connectivity index (χ3n) is 12.5. The van der Waals surface area contributed by atoms with E-state index in [9.17, 15) is 40.7 Å². The number of halogens is 6. The van der Waals surface area contributed by atoms with Crippen molar-refractivity contribution in [3.8, 4) is 22.8 Å². The van der Waals surface area contributed by atoms with E-state index < -0.39 is 35.2 Å².